The van der Waals surface area contributed by atoms with Gasteiger partial charge in [-0.05, 0) is 54.0 Å². The summed E-state index contributed by atoms with van der Waals surface area (Å²) in [6, 6.07) is 9.96. The normalized spacial score (nSPS) is 20.5. The van der Waals surface area contributed by atoms with E-state index in [0.717, 1.165) is 54.1 Å². The van der Waals surface area contributed by atoms with Gasteiger partial charge in [-0.1, -0.05) is 0 Å². The van der Waals surface area contributed by atoms with E-state index in [4.69, 9.17) is 0 Å². The van der Waals surface area contributed by atoms with Gasteiger partial charge in [-0.25, -0.2) is 0 Å². The number of amides is 1. The Labute approximate surface area is 196 Å². The first kappa shape index (κ1) is 20.5. The van der Waals surface area contributed by atoms with Gasteiger partial charge in [-0.2, -0.15) is 10.1 Å². The van der Waals surface area contributed by atoms with Crippen LogP contribution in [0.4, 0.5) is 5.82 Å². The van der Waals surface area contributed by atoms with Crippen LogP contribution in [0, 0.1) is 0 Å². The number of carbonyl (C=O) groups excluding carboxylic acids is 1. The fourth-order valence-electron chi connectivity index (χ4n) is 4.18. The number of rotatable bonds is 6. The lowest BCUT2D eigenvalue weighted by atomic mass is 10.2. The van der Waals surface area contributed by atoms with Crippen molar-refractivity contribution >= 4 is 29.5 Å². The van der Waals surface area contributed by atoms with Crippen LogP contribution in [-0.4, -0.2) is 63.9 Å². The number of nitrogens with zero attached hydrogens (tertiary/aromatic N) is 5. The Bertz CT molecular complexity index is 1130. The number of aromatic nitrogens is 2. The molecule has 0 unspecified atom stereocenters. The minimum Gasteiger partial charge on any atom is -0.336 e. The zero-order valence-electron chi connectivity index (χ0n) is 18.2. The first-order valence-corrected chi connectivity index (χ1v) is 12.1. The predicted molar refractivity (Wildman–Crippen MR) is 129 cm³/mol. The molecule has 10 heteroatoms. The molecule has 4 aliphatic rings. The molecule has 1 aromatic carbocycles. The van der Waals surface area contributed by atoms with Crippen molar-refractivity contribution < 1.29 is 4.79 Å². The van der Waals surface area contributed by atoms with Crippen molar-refractivity contribution in [1.29, 1.82) is 0 Å². The SMILES string of the molecule is O=C(c1ccc(SN2C=C(Nc3cc(C4CC4)[nH]n3)[N+]3C=CN=C3C2)cc1)N1CCNCC1. The Morgan fingerprint density at radius 3 is 2.79 bits per heavy atom. The molecule has 4 heterocycles. The van der Waals surface area contributed by atoms with Crippen molar-refractivity contribution in [2.24, 2.45) is 4.99 Å². The third kappa shape index (κ3) is 4.41. The monoisotopic (exact) mass is 462 g/mol. The highest BCUT2D eigenvalue weighted by Gasteiger charge is 2.38. The molecule has 0 bridgehead atoms. The molecule has 2 aromatic rings. The van der Waals surface area contributed by atoms with E-state index in [1.165, 1.54) is 18.5 Å². The number of benzene rings is 1. The van der Waals surface area contributed by atoms with E-state index in [9.17, 15) is 4.79 Å². The van der Waals surface area contributed by atoms with Gasteiger partial charge in [0.15, 0.2) is 12.0 Å². The number of hydrogen-bond acceptors (Lipinski definition) is 8. The molecule has 3 N–H and O–H groups in total. The number of amidine groups is 1. The molecule has 6 rings (SSSR count). The second kappa shape index (κ2) is 8.69. The van der Waals surface area contributed by atoms with Crippen LogP contribution in [0.2, 0.25) is 0 Å². The van der Waals surface area contributed by atoms with Gasteiger partial charge in [0.1, 0.15) is 6.54 Å². The average molecular weight is 463 g/mol. The lowest BCUT2D eigenvalue weighted by molar-refractivity contribution is 0.0735. The number of piperazine rings is 1. The minimum absolute atomic E-state index is 0.101. The van der Waals surface area contributed by atoms with E-state index >= 15 is 0 Å². The number of hydrogen-bond donors (Lipinski definition) is 3. The first-order chi connectivity index (χ1) is 16.2. The average Bonchev–Trinajstić information content (AvgIpc) is 3.40. The molecular formula is C23H26N8OS+. The fraction of sp³-hybridized carbons (Fsp3) is 0.348. The van der Waals surface area contributed by atoms with Crippen LogP contribution in [0.1, 0.15) is 34.8 Å². The van der Waals surface area contributed by atoms with Crippen molar-refractivity contribution in [3.8, 4) is 0 Å². The maximum Gasteiger partial charge on any atom is 0.285 e. The van der Waals surface area contributed by atoms with Gasteiger partial charge in [-0.15, -0.1) is 0 Å². The summed E-state index contributed by atoms with van der Waals surface area (Å²) in [6.07, 6.45) is 8.32. The predicted octanol–water partition coefficient (Wildman–Crippen LogP) is 2.59. The largest absolute Gasteiger partial charge is 0.336 e. The van der Waals surface area contributed by atoms with E-state index in [1.54, 1.807) is 11.9 Å². The third-order valence-corrected chi connectivity index (χ3v) is 7.09. The topological polar surface area (TPSA) is 94.5 Å². The number of fused-ring (bicyclic) bond motifs is 1. The summed E-state index contributed by atoms with van der Waals surface area (Å²) in [4.78, 5) is 22.3. The highest BCUT2D eigenvalue weighted by molar-refractivity contribution is 7.97. The van der Waals surface area contributed by atoms with Gasteiger partial charge >= 0.3 is 0 Å². The highest BCUT2D eigenvalue weighted by Crippen LogP contribution is 2.39. The molecule has 0 atom stereocenters. The van der Waals surface area contributed by atoms with Gasteiger partial charge in [0, 0.05) is 54.3 Å². The van der Waals surface area contributed by atoms with Crippen LogP contribution in [0.3, 0.4) is 0 Å². The third-order valence-electron chi connectivity index (χ3n) is 6.14. The first-order valence-electron chi connectivity index (χ1n) is 11.3. The molecule has 1 saturated carbocycles. The second-order valence-electron chi connectivity index (χ2n) is 8.57. The van der Waals surface area contributed by atoms with Crippen molar-refractivity contribution in [1.82, 2.24) is 29.6 Å². The standard InChI is InChI=1S/C23H26N8OS/c32-23(29-10-7-24-8-11-29)17-3-5-18(6-4-17)33-30-14-21-25-9-12-31(21)22(15-30)26-20-13-19(27-28-20)16-1-2-16/h3-6,9,12-13,15-16,24H,1-2,7-8,10-11,14H2,(H2,26,27,28)/q+1. The van der Waals surface area contributed by atoms with Crippen molar-refractivity contribution in [3.63, 3.8) is 0 Å². The Balaban J connectivity index is 1.15. The summed E-state index contributed by atoms with van der Waals surface area (Å²) in [5, 5.41) is 14.3. The van der Waals surface area contributed by atoms with Gasteiger partial charge in [0.05, 0.1) is 12.4 Å². The van der Waals surface area contributed by atoms with Crippen LogP contribution in [-0.2, 0) is 0 Å². The zero-order valence-corrected chi connectivity index (χ0v) is 19.0. The summed E-state index contributed by atoms with van der Waals surface area (Å²) in [5.41, 5.74) is 1.93. The summed E-state index contributed by atoms with van der Waals surface area (Å²) in [7, 11) is 0. The second-order valence-corrected chi connectivity index (χ2v) is 9.69. The number of carbonyl (C=O) groups is 1. The molecular weight excluding hydrogens is 436 g/mol. The van der Waals surface area contributed by atoms with Crippen molar-refractivity contribution in [2.75, 3.05) is 38.0 Å². The van der Waals surface area contributed by atoms with Crippen LogP contribution >= 0.6 is 11.9 Å². The van der Waals surface area contributed by atoms with E-state index in [-0.39, 0.29) is 5.91 Å². The van der Waals surface area contributed by atoms with E-state index in [2.05, 4.69) is 47.3 Å². The maximum absolute atomic E-state index is 12.7. The highest BCUT2D eigenvalue weighted by atomic mass is 32.2. The molecule has 1 amide bonds. The number of aromatic amines is 1. The molecule has 9 nitrogen and oxygen atoms in total. The summed E-state index contributed by atoms with van der Waals surface area (Å²) < 4.78 is 2.15. The molecule has 1 aliphatic carbocycles. The maximum atomic E-state index is 12.7. The molecule has 0 spiro atoms. The van der Waals surface area contributed by atoms with Crippen LogP contribution < -0.4 is 15.5 Å². The summed E-state index contributed by atoms with van der Waals surface area (Å²) in [6.45, 7) is 3.90. The smallest absolute Gasteiger partial charge is 0.285 e. The zero-order chi connectivity index (χ0) is 22.2. The molecule has 169 valence electrons. The molecule has 1 saturated heterocycles. The van der Waals surface area contributed by atoms with E-state index in [1.807, 2.05) is 41.6 Å². The number of H-pyrrole nitrogens is 1. The molecule has 2 fully saturated rings. The molecule has 1 radical (unpaired) electrons. The van der Waals surface area contributed by atoms with Crippen molar-refractivity contribution in [2.45, 2.75) is 23.7 Å². The summed E-state index contributed by atoms with van der Waals surface area (Å²) >= 11 is 1.62. The van der Waals surface area contributed by atoms with Gasteiger partial charge in [-0.3, -0.25) is 19.5 Å². The quantitative estimate of drug-likeness (QED) is 0.451. The lowest BCUT2D eigenvalue weighted by Crippen LogP contribution is -2.46. The van der Waals surface area contributed by atoms with Gasteiger partial charge < -0.3 is 10.2 Å². The lowest BCUT2D eigenvalue weighted by Gasteiger charge is -2.27. The van der Waals surface area contributed by atoms with Gasteiger partial charge in [0.25, 0.3) is 17.6 Å². The van der Waals surface area contributed by atoms with Crippen LogP contribution in [0.15, 0.2) is 64.6 Å². The summed E-state index contributed by atoms with van der Waals surface area (Å²) in [5.74, 6) is 3.40. The Kier molecular flexibility index (Phi) is 5.41. The molecule has 1 aromatic heterocycles. The number of anilines is 1. The van der Waals surface area contributed by atoms with Crippen LogP contribution in [0.25, 0.3) is 0 Å². The minimum atomic E-state index is 0.101. The van der Waals surface area contributed by atoms with Gasteiger partial charge in [0.2, 0.25) is 0 Å². The Morgan fingerprint density at radius 1 is 1.18 bits per heavy atom. The van der Waals surface area contributed by atoms with Crippen molar-refractivity contribution in [3.05, 3.63) is 66.0 Å². The molecule has 33 heavy (non-hydrogen) atoms. The fourth-order valence-corrected chi connectivity index (χ4v) is 5.05. The van der Waals surface area contributed by atoms with E-state index < -0.39 is 0 Å². The Hall–Kier alpha value is -3.08. The number of nitrogens with one attached hydrogen (secondary N) is 3. The number of aliphatic imine (C=N–C) groups is 1. The Morgan fingerprint density at radius 2 is 2.00 bits per heavy atom. The van der Waals surface area contributed by atoms with Crippen LogP contribution in [0.5, 0.6) is 0 Å². The van der Waals surface area contributed by atoms with E-state index in [0.29, 0.717) is 12.5 Å². The molecule has 3 aliphatic heterocycles.